The summed E-state index contributed by atoms with van der Waals surface area (Å²) in [6.45, 7) is 19.3. The lowest BCUT2D eigenvalue weighted by atomic mass is 10.5. The molecule has 0 heterocycles. The van der Waals surface area contributed by atoms with E-state index in [1.807, 2.05) is 0 Å². The maximum atomic E-state index is 4.29. The van der Waals surface area contributed by atoms with Crippen LogP contribution in [0.3, 0.4) is 0 Å². The Morgan fingerprint density at radius 1 is 0.500 bits per heavy atom. The van der Waals surface area contributed by atoms with Crippen molar-refractivity contribution < 1.29 is 0 Å². The van der Waals surface area contributed by atoms with E-state index in [4.69, 9.17) is 0 Å². The van der Waals surface area contributed by atoms with E-state index in [1.54, 1.807) is 0 Å². The summed E-state index contributed by atoms with van der Waals surface area (Å²) in [6.07, 6.45) is -2.83. The van der Waals surface area contributed by atoms with Gasteiger partial charge in [-0.05, 0) is 22.2 Å². The van der Waals surface area contributed by atoms with Crippen molar-refractivity contribution in [2.24, 2.45) is 0 Å². The molecule has 0 amide bonds. The van der Waals surface area contributed by atoms with Gasteiger partial charge in [-0.25, -0.2) is 0 Å². The molecule has 0 bridgehead atoms. The minimum Gasteiger partial charge on any atom is -0.128 e. The van der Waals surface area contributed by atoms with Crippen LogP contribution in [0.5, 0.6) is 0 Å². The third-order valence-electron chi connectivity index (χ3n) is 3.95. The summed E-state index contributed by atoms with van der Waals surface area (Å²) in [5, 5.41) is 0. The number of halogens is 2. The van der Waals surface area contributed by atoms with Gasteiger partial charge in [0.2, 0.25) is 0 Å². The van der Waals surface area contributed by atoms with Crippen LogP contribution in [0.1, 0.15) is 55.4 Å². The summed E-state index contributed by atoms with van der Waals surface area (Å²) in [7, 11) is 0. The third-order valence-corrected chi connectivity index (χ3v) is 49.9. The summed E-state index contributed by atoms with van der Waals surface area (Å²) < 4.78 is 0. The molecule has 0 fully saturated rings. The Balaban J connectivity index is 5.64. The van der Waals surface area contributed by atoms with Crippen LogP contribution >= 0.6 is 30.6 Å². The van der Waals surface area contributed by atoms with Gasteiger partial charge < -0.3 is 0 Å². The van der Waals surface area contributed by atoms with Gasteiger partial charge in [-0.1, -0.05) is 55.4 Å². The topological polar surface area (TPSA) is 0 Å². The molecule has 0 aliphatic carbocycles. The van der Waals surface area contributed by atoms with Crippen LogP contribution in [0.15, 0.2) is 0 Å². The molecule has 0 saturated heterocycles. The fourth-order valence-electron chi connectivity index (χ4n) is 3.10. The van der Waals surface area contributed by atoms with Gasteiger partial charge in [0.05, 0.1) is 0 Å². The van der Waals surface area contributed by atoms with E-state index < -0.39 is 12.4 Å². The molecule has 0 atom stereocenters. The first-order chi connectivity index (χ1) is 7.02. The average molecular weight is 388 g/mol. The predicted octanol–water partition coefficient (Wildman–Crippen LogP) is 6.39. The number of rotatable bonds is 5. The molecular formula is C12H28Br2Si2. The normalized spacial score (nSPS) is 14.6. The molecule has 16 heavy (non-hydrogen) atoms. The molecule has 0 aliphatic heterocycles. The lowest BCUT2D eigenvalue weighted by Crippen LogP contribution is -2.62. The zero-order valence-corrected chi connectivity index (χ0v) is 17.2. The first kappa shape index (κ1) is 17.4. The predicted molar refractivity (Wildman–Crippen MR) is 89.8 cm³/mol. The summed E-state index contributed by atoms with van der Waals surface area (Å²) in [4.78, 5) is 0. The quantitative estimate of drug-likeness (QED) is 0.378. The van der Waals surface area contributed by atoms with Gasteiger partial charge in [0.15, 0.2) is 0 Å². The second-order valence-corrected chi connectivity index (χ2v) is 31.1. The van der Waals surface area contributed by atoms with Crippen molar-refractivity contribution in [1.29, 1.82) is 0 Å². The highest BCUT2D eigenvalue weighted by Crippen LogP contribution is 2.55. The molecular weight excluding hydrogens is 360 g/mol. The zero-order chi connectivity index (χ0) is 13.3. The monoisotopic (exact) mass is 386 g/mol. The van der Waals surface area contributed by atoms with Gasteiger partial charge in [0.1, 0.15) is 12.4 Å². The lowest BCUT2D eigenvalue weighted by Gasteiger charge is -2.50. The molecule has 4 heteroatoms. The molecule has 0 aromatic rings. The summed E-state index contributed by atoms with van der Waals surface area (Å²) >= 11 is 8.58. The Morgan fingerprint density at radius 2 is 0.625 bits per heavy atom. The third kappa shape index (κ3) is 2.70. The summed E-state index contributed by atoms with van der Waals surface area (Å²) in [5.41, 5.74) is 3.18. The Morgan fingerprint density at radius 3 is 0.688 bits per heavy atom. The highest BCUT2D eigenvalue weighted by atomic mass is 79.9. The maximum Gasteiger partial charge on any atom is 0.140 e. The van der Waals surface area contributed by atoms with Gasteiger partial charge >= 0.3 is 0 Å². The molecule has 0 aliphatic rings. The lowest BCUT2D eigenvalue weighted by molar-refractivity contribution is 0.906. The van der Waals surface area contributed by atoms with Crippen LogP contribution in [0.25, 0.3) is 0 Å². The largest absolute Gasteiger partial charge is 0.140 e. The molecule has 0 unspecified atom stereocenters. The van der Waals surface area contributed by atoms with Crippen LogP contribution in [0.2, 0.25) is 22.2 Å². The van der Waals surface area contributed by atoms with Crippen molar-refractivity contribution in [1.82, 2.24) is 0 Å². The molecule has 98 valence electrons. The van der Waals surface area contributed by atoms with Gasteiger partial charge in [0, 0.05) is 0 Å². The van der Waals surface area contributed by atoms with E-state index in [0.29, 0.717) is 0 Å². The Hall–Kier alpha value is 1.39. The van der Waals surface area contributed by atoms with Crippen LogP contribution in [-0.4, -0.2) is 12.4 Å². The Kier molecular flexibility index (Phi) is 6.55. The highest BCUT2D eigenvalue weighted by molar-refractivity contribution is 9.37. The Labute approximate surface area is 120 Å². The van der Waals surface area contributed by atoms with E-state index in [2.05, 4.69) is 86.0 Å². The standard InChI is InChI=1S/C12H28Br2Si2/c1-9(2)15(13,10(3)4)16(14,11(5)6)12(7)8/h9-12H,1-8H3. The molecule has 0 aromatic carbocycles. The first-order valence-corrected chi connectivity index (χ1v) is 16.2. The molecule has 0 spiro atoms. The van der Waals surface area contributed by atoms with E-state index in [9.17, 15) is 0 Å². The van der Waals surface area contributed by atoms with E-state index in [1.165, 1.54) is 0 Å². The average Bonchev–Trinajstić information content (AvgIpc) is 2.13. The van der Waals surface area contributed by atoms with Gasteiger partial charge in [-0.2, -0.15) is 0 Å². The fourth-order valence-corrected chi connectivity index (χ4v) is 36.4. The molecule has 0 radical (unpaired) electrons. The number of hydrogen-bond acceptors (Lipinski definition) is 0. The van der Waals surface area contributed by atoms with Crippen molar-refractivity contribution in [3.05, 3.63) is 0 Å². The van der Waals surface area contributed by atoms with Crippen LogP contribution < -0.4 is 0 Å². The fraction of sp³-hybridized carbons (Fsp3) is 1.00. The maximum absolute atomic E-state index is 4.29. The van der Waals surface area contributed by atoms with Crippen molar-refractivity contribution in [3.8, 4) is 0 Å². The molecule has 0 saturated carbocycles. The van der Waals surface area contributed by atoms with Crippen molar-refractivity contribution >= 4 is 43.0 Å². The van der Waals surface area contributed by atoms with Crippen molar-refractivity contribution in [3.63, 3.8) is 0 Å². The second kappa shape index (κ2) is 6.02. The summed E-state index contributed by atoms with van der Waals surface area (Å²) in [5.74, 6) is 0. The van der Waals surface area contributed by atoms with Crippen LogP contribution in [0.4, 0.5) is 0 Å². The minimum absolute atomic E-state index is 0.795. The van der Waals surface area contributed by atoms with Crippen molar-refractivity contribution in [2.75, 3.05) is 0 Å². The van der Waals surface area contributed by atoms with E-state index in [0.717, 1.165) is 22.2 Å². The van der Waals surface area contributed by atoms with Crippen molar-refractivity contribution in [2.45, 2.75) is 77.6 Å². The highest BCUT2D eigenvalue weighted by Gasteiger charge is 2.59. The Bertz CT molecular complexity index is 185. The van der Waals surface area contributed by atoms with Crippen LogP contribution in [-0.2, 0) is 0 Å². The first-order valence-electron chi connectivity index (χ1n) is 6.40. The molecule has 0 aromatic heterocycles. The molecule has 0 nitrogen and oxygen atoms in total. The SMILES string of the molecule is CC(C)[Si](Br)(C(C)C)[Si](Br)(C(C)C)C(C)C. The van der Waals surface area contributed by atoms with Crippen LogP contribution in [0, 0.1) is 0 Å². The smallest absolute Gasteiger partial charge is 0.128 e. The molecule has 0 rings (SSSR count). The van der Waals surface area contributed by atoms with Gasteiger partial charge in [0.25, 0.3) is 0 Å². The van der Waals surface area contributed by atoms with Gasteiger partial charge in [-0.15, -0.1) is 30.6 Å². The second-order valence-electron chi connectivity index (χ2n) is 6.15. The van der Waals surface area contributed by atoms with E-state index >= 15 is 0 Å². The van der Waals surface area contributed by atoms with E-state index in [-0.39, 0.29) is 0 Å². The minimum atomic E-state index is -1.42. The number of hydrogen-bond donors (Lipinski definition) is 0. The zero-order valence-electron chi connectivity index (χ0n) is 12.1. The summed E-state index contributed by atoms with van der Waals surface area (Å²) in [6, 6.07) is 0. The molecule has 0 N–H and O–H groups in total. The van der Waals surface area contributed by atoms with Gasteiger partial charge in [-0.3, -0.25) is 0 Å².